The van der Waals surface area contributed by atoms with Gasteiger partial charge >= 0.3 is 0 Å². The third-order valence-corrected chi connectivity index (χ3v) is 3.90. The lowest BCUT2D eigenvalue weighted by Crippen LogP contribution is -2.16. The van der Waals surface area contributed by atoms with E-state index in [9.17, 15) is 12.8 Å². The van der Waals surface area contributed by atoms with Crippen molar-refractivity contribution in [2.45, 2.75) is 11.8 Å². The molecule has 0 unspecified atom stereocenters. The van der Waals surface area contributed by atoms with E-state index in [1.807, 2.05) is 0 Å². The van der Waals surface area contributed by atoms with Gasteiger partial charge in [-0.1, -0.05) is 0 Å². The van der Waals surface area contributed by atoms with E-state index < -0.39 is 15.8 Å². The molecule has 0 fully saturated rings. The van der Waals surface area contributed by atoms with E-state index in [0.29, 0.717) is 0 Å². The summed E-state index contributed by atoms with van der Waals surface area (Å²) >= 11 is 0. The molecule has 0 aliphatic carbocycles. The lowest BCUT2D eigenvalue weighted by molar-refractivity contribution is 0.591. The van der Waals surface area contributed by atoms with Crippen molar-refractivity contribution >= 4 is 21.5 Å². The molecule has 2 aromatic rings. The van der Waals surface area contributed by atoms with Gasteiger partial charge in [-0.25, -0.2) is 12.8 Å². The number of nitrogens with one attached hydrogen (secondary N) is 1. The first-order valence-corrected chi connectivity index (χ1v) is 6.74. The number of hydrogen-bond donors (Lipinski definition) is 2. The second-order valence-electron chi connectivity index (χ2n) is 3.84. The summed E-state index contributed by atoms with van der Waals surface area (Å²) in [5.41, 5.74) is 5.48. The fourth-order valence-electron chi connectivity index (χ4n) is 1.50. The van der Waals surface area contributed by atoms with Crippen LogP contribution >= 0.6 is 0 Å². The van der Waals surface area contributed by atoms with Gasteiger partial charge < -0.3 is 5.73 Å². The van der Waals surface area contributed by atoms with Crippen LogP contribution in [0.4, 0.5) is 15.9 Å². The Morgan fingerprint density at radius 3 is 2.74 bits per heavy atom. The van der Waals surface area contributed by atoms with Crippen molar-refractivity contribution in [2.75, 3.05) is 10.5 Å². The number of nitrogens with two attached hydrogens (primary N) is 1. The molecule has 1 heterocycles. The highest BCUT2D eigenvalue weighted by Gasteiger charge is 2.20. The minimum atomic E-state index is -3.96. The fraction of sp³-hybridized carbons (Fsp3) is 0.0909. The van der Waals surface area contributed by atoms with E-state index in [1.54, 1.807) is 0 Å². The molecule has 0 aliphatic heterocycles. The largest absolute Gasteiger partial charge is 0.399 e. The third kappa shape index (κ3) is 2.79. The predicted octanol–water partition coefficient (Wildman–Crippen LogP) is 1.31. The van der Waals surface area contributed by atoms with Crippen molar-refractivity contribution in [2.24, 2.45) is 0 Å². The second-order valence-corrected chi connectivity index (χ2v) is 5.49. The van der Waals surface area contributed by atoms with E-state index in [-0.39, 0.29) is 22.0 Å². The number of nitrogens with zero attached hydrogens (tertiary/aromatic N) is 2. The minimum absolute atomic E-state index is 0.00871. The van der Waals surface area contributed by atoms with Crippen LogP contribution in [0.2, 0.25) is 0 Å². The summed E-state index contributed by atoms with van der Waals surface area (Å²) in [7, 11) is -3.96. The SMILES string of the molecule is Cc1c(F)cc(N)cc1S(=O)(=O)Nc1cccnn1. The van der Waals surface area contributed by atoms with Gasteiger partial charge in [-0.05, 0) is 31.2 Å². The van der Waals surface area contributed by atoms with E-state index in [1.165, 1.54) is 31.3 Å². The smallest absolute Gasteiger partial charge is 0.263 e. The number of nitrogen functional groups attached to an aromatic ring is 1. The Morgan fingerprint density at radius 1 is 1.37 bits per heavy atom. The van der Waals surface area contributed by atoms with Gasteiger partial charge in [-0.15, -0.1) is 5.10 Å². The Morgan fingerprint density at radius 2 is 2.11 bits per heavy atom. The molecule has 1 aromatic carbocycles. The van der Waals surface area contributed by atoms with Crippen LogP contribution in [0, 0.1) is 12.7 Å². The number of benzene rings is 1. The standard InChI is InChI=1S/C11H11FN4O2S/c1-7-9(12)5-8(13)6-10(7)19(17,18)16-11-3-2-4-14-15-11/h2-6H,13H2,1H3,(H,15,16). The van der Waals surface area contributed by atoms with E-state index in [0.717, 1.165) is 6.07 Å². The van der Waals surface area contributed by atoms with Crippen molar-refractivity contribution in [1.29, 1.82) is 0 Å². The normalized spacial score (nSPS) is 11.3. The number of sulfonamides is 1. The molecule has 3 N–H and O–H groups in total. The van der Waals surface area contributed by atoms with Crippen LogP contribution in [0.1, 0.15) is 5.56 Å². The molecule has 1 aromatic heterocycles. The van der Waals surface area contributed by atoms with Crippen molar-refractivity contribution in [3.8, 4) is 0 Å². The summed E-state index contributed by atoms with van der Waals surface area (Å²) in [6, 6.07) is 5.22. The van der Waals surface area contributed by atoms with Crippen LogP contribution in [-0.4, -0.2) is 18.6 Å². The molecule has 0 bridgehead atoms. The van der Waals surface area contributed by atoms with Gasteiger partial charge in [0, 0.05) is 17.4 Å². The Kier molecular flexibility index (Phi) is 3.34. The summed E-state index contributed by atoms with van der Waals surface area (Å²) in [4.78, 5) is -0.226. The van der Waals surface area contributed by atoms with Gasteiger partial charge in [-0.3, -0.25) is 4.72 Å². The Balaban J connectivity index is 2.46. The molecule has 19 heavy (non-hydrogen) atoms. The van der Waals surface area contributed by atoms with Crippen LogP contribution in [0.5, 0.6) is 0 Å². The van der Waals surface area contributed by atoms with Gasteiger partial charge in [0.1, 0.15) is 5.82 Å². The lowest BCUT2D eigenvalue weighted by atomic mass is 10.2. The van der Waals surface area contributed by atoms with Crippen LogP contribution < -0.4 is 10.5 Å². The maximum Gasteiger partial charge on any atom is 0.263 e. The first-order valence-electron chi connectivity index (χ1n) is 5.26. The zero-order chi connectivity index (χ0) is 14.0. The number of anilines is 2. The van der Waals surface area contributed by atoms with Crippen molar-refractivity contribution < 1.29 is 12.8 Å². The van der Waals surface area contributed by atoms with Crippen LogP contribution in [0.15, 0.2) is 35.4 Å². The Bertz CT molecular complexity index is 704. The average molecular weight is 282 g/mol. The first-order chi connectivity index (χ1) is 8.90. The molecule has 8 heteroatoms. The van der Waals surface area contributed by atoms with Crippen molar-refractivity contribution in [3.63, 3.8) is 0 Å². The molecule has 0 aliphatic rings. The monoisotopic (exact) mass is 282 g/mol. The topological polar surface area (TPSA) is 98.0 Å². The molecule has 0 spiro atoms. The number of halogens is 1. The highest BCUT2D eigenvalue weighted by Crippen LogP contribution is 2.23. The fourth-order valence-corrected chi connectivity index (χ4v) is 2.79. The van der Waals surface area contributed by atoms with Gasteiger partial charge in [0.05, 0.1) is 4.90 Å². The molecule has 6 nitrogen and oxygen atoms in total. The average Bonchev–Trinajstić information content (AvgIpc) is 2.34. The van der Waals surface area contributed by atoms with E-state index >= 15 is 0 Å². The molecule has 0 saturated heterocycles. The Labute approximate surface area is 109 Å². The molecular weight excluding hydrogens is 271 g/mol. The summed E-state index contributed by atoms with van der Waals surface area (Å²) < 4.78 is 40.0. The summed E-state index contributed by atoms with van der Waals surface area (Å²) in [6.07, 6.45) is 1.41. The van der Waals surface area contributed by atoms with Crippen LogP contribution in [0.3, 0.4) is 0 Å². The quantitative estimate of drug-likeness (QED) is 0.827. The number of rotatable bonds is 3. The maximum atomic E-state index is 13.5. The Hall–Kier alpha value is -2.22. The molecule has 0 amide bonds. The van der Waals surface area contributed by atoms with Crippen molar-refractivity contribution in [3.05, 3.63) is 41.8 Å². The van der Waals surface area contributed by atoms with Gasteiger partial charge in [0.25, 0.3) is 10.0 Å². The van der Waals surface area contributed by atoms with Gasteiger partial charge in [0.15, 0.2) is 5.82 Å². The number of hydrogen-bond acceptors (Lipinski definition) is 5. The predicted molar refractivity (Wildman–Crippen MR) is 68.4 cm³/mol. The zero-order valence-electron chi connectivity index (χ0n) is 9.96. The first kappa shape index (κ1) is 13.2. The van der Waals surface area contributed by atoms with Gasteiger partial charge in [-0.2, -0.15) is 5.10 Å². The lowest BCUT2D eigenvalue weighted by Gasteiger charge is -2.10. The number of aromatic nitrogens is 2. The highest BCUT2D eigenvalue weighted by atomic mass is 32.2. The van der Waals surface area contributed by atoms with Gasteiger partial charge in [0.2, 0.25) is 0 Å². The van der Waals surface area contributed by atoms with E-state index in [4.69, 9.17) is 5.73 Å². The third-order valence-electron chi connectivity index (χ3n) is 2.42. The van der Waals surface area contributed by atoms with Crippen LogP contribution in [-0.2, 0) is 10.0 Å². The zero-order valence-corrected chi connectivity index (χ0v) is 10.8. The maximum absolute atomic E-state index is 13.5. The molecule has 2 rings (SSSR count). The summed E-state index contributed by atoms with van der Waals surface area (Å²) in [5.74, 6) is -0.635. The molecule has 0 atom stereocenters. The summed E-state index contributed by atoms with van der Waals surface area (Å²) in [5, 5.41) is 7.14. The summed E-state index contributed by atoms with van der Waals surface area (Å²) in [6.45, 7) is 1.36. The minimum Gasteiger partial charge on any atom is -0.399 e. The van der Waals surface area contributed by atoms with E-state index in [2.05, 4.69) is 14.9 Å². The second kappa shape index (κ2) is 4.81. The highest BCUT2D eigenvalue weighted by molar-refractivity contribution is 7.92. The van der Waals surface area contributed by atoms with Crippen molar-refractivity contribution in [1.82, 2.24) is 10.2 Å². The van der Waals surface area contributed by atoms with Crippen LogP contribution in [0.25, 0.3) is 0 Å². The molecule has 0 saturated carbocycles. The molecular formula is C11H11FN4O2S. The molecule has 100 valence electrons. The molecule has 0 radical (unpaired) electrons.